The number of nitrogens with zero attached hydrogens (tertiary/aromatic N) is 1. The highest BCUT2D eigenvalue weighted by Gasteiger charge is 2.19. The van der Waals surface area contributed by atoms with Crippen molar-refractivity contribution in [1.82, 2.24) is 4.90 Å². The van der Waals surface area contributed by atoms with Gasteiger partial charge in [0.25, 0.3) is 0 Å². The molecule has 0 radical (unpaired) electrons. The molecule has 1 aliphatic heterocycles. The van der Waals surface area contributed by atoms with E-state index in [0.717, 1.165) is 18.9 Å². The fourth-order valence-corrected chi connectivity index (χ4v) is 3.44. The Morgan fingerprint density at radius 2 is 1.70 bits per heavy atom. The fourth-order valence-electron chi connectivity index (χ4n) is 3.44. The summed E-state index contributed by atoms with van der Waals surface area (Å²) in [6, 6.07) is 8.80. The average molecular weight is 318 g/mol. The molecular weight excluding hydrogens is 282 g/mol. The second kappa shape index (κ2) is 9.32. The van der Waals surface area contributed by atoms with Gasteiger partial charge in [-0.05, 0) is 55.5 Å². The molecule has 1 heterocycles. The van der Waals surface area contributed by atoms with Crippen LogP contribution in [0.15, 0.2) is 24.3 Å². The highest BCUT2D eigenvalue weighted by molar-refractivity contribution is 5.31. The maximum absolute atomic E-state index is 5.93. The Kier molecular flexibility index (Phi) is 7.42. The van der Waals surface area contributed by atoms with Crippen LogP contribution in [0.3, 0.4) is 0 Å². The number of rotatable bonds is 9. The van der Waals surface area contributed by atoms with Crippen LogP contribution < -0.4 is 4.74 Å². The highest BCUT2D eigenvalue weighted by Crippen LogP contribution is 2.30. The van der Waals surface area contributed by atoms with Crippen molar-refractivity contribution in [3.63, 3.8) is 0 Å². The Labute approximate surface area is 143 Å². The lowest BCUT2D eigenvalue weighted by molar-refractivity contribution is 0.183. The third kappa shape index (κ3) is 6.18. The molecule has 0 spiro atoms. The Morgan fingerprint density at radius 1 is 1.00 bits per heavy atom. The average Bonchev–Trinajstić information content (AvgIpc) is 2.56. The molecular formula is C21H35NO. The van der Waals surface area contributed by atoms with Crippen LogP contribution >= 0.6 is 0 Å². The summed E-state index contributed by atoms with van der Waals surface area (Å²) in [5.74, 6) is 1.01. The standard InChI is InChI=1S/C21H35NO/c1-4-5-7-14-21(2,3)19-10-12-20(13-11-19)23-18-17-22-15-8-6-9-16-22/h10-13H,4-9,14-18H2,1-3H3. The Bertz CT molecular complexity index is 432. The molecule has 2 heteroatoms. The molecule has 0 saturated carbocycles. The Hall–Kier alpha value is -1.02. The smallest absolute Gasteiger partial charge is 0.119 e. The van der Waals surface area contributed by atoms with E-state index >= 15 is 0 Å². The van der Waals surface area contributed by atoms with Gasteiger partial charge in [0, 0.05) is 6.54 Å². The highest BCUT2D eigenvalue weighted by atomic mass is 16.5. The van der Waals surface area contributed by atoms with Gasteiger partial charge in [-0.15, -0.1) is 0 Å². The summed E-state index contributed by atoms with van der Waals surface area (Å²) in [4.78, 5) is 2.52. The van der Waals surface area contributed by atoms with Gasteiger partial charge in [0.2, 0.25) is 0 Å². The van der Waals surface area contributed by atoms with Crippen LogP contribution in [0.4, 0.5) is 0 Å². The van der Waals surface area contributed by atoms with Crippen LogP contribution in [-0.2, 0) is 5.41 Å². The molecule has 0 atom stereocenters. The third-order valence-electron chi connectivity index (χ3n) is 5.17. The molecule has 0 aliphatic carbocycles. The van der Waals surface area contributed by atoms with E-state index in [2.05, 4.69) is 49.9 Å². The van der Waals surface area contributed by atoms with Crippen molar-refractivity contribution >= 4 is 0 Å². The van der Waals surface area contributed by atoms with Gasteiger partial charge in [-0.3, -0.25) is 4.90 Å². The van der Waals surface area contributed by atoms with E-state index in [1.165, 1.54) is 63.6 Å². The van der Waals surface area contributed by atoms with Crippen LogP contribution in [0.1, 0.15) is 71.3 Å². The minimum atomic E-state index is 0.265. The zero-order valence-electron chi connectivity index (χ0n) is 15.4. The van der Waals surface area contributed by atoms with Gasteiger partial charge < -0.3 is 4.74 Å². The molecule has 0 bridgehead atoms. The SMILES string of the molecule is CCCCCC(C)(C)c1ccc(OCCN2CCCCC2)cc1. The molecule has 1 saturated heterocycles. The summed E-state index contributed by atoms with van der Waals surface area (Å²) >= 11 is 0. The Morgan fingerprint density at radius 3 is 2.35 bits per heavy atom. The van der Waals surface area contributed by atoms with Crippen LogP contribution in [0.2, 0.25) is 0 Å². The van der Waals surface area contributed by atoms with E-state index < -0.39 is 0 Å². The lowest BCUT2D eigenvalue weighted by Gasteiger charge is -2.26. The van der Waals surface area contributed by atoms with Crippen LogP contribution in [-0.4, -0.2) is 31.1 Å². The van der Waals surface area contributed by atoms with E-state index in [-0.39, 0.29) is 5.41 Å². The molecule has 2 nitrogen and oxygen atoms in total. The Balaban J connectivity index is 1.76. The van der Waals surface area contributed by atoms with Gasteiger partial charge in [-0.2, -0.15) is 0 Å². The topological polar surface area (TPSA) is 12.5 Å². The van der Waals surface area contributed by atoms with Gasteiger partial charge in [0.1, 0.15) is 12.4 Å². The summed E-state index contributed by atoms with van der Waals surface area (Å²) in [6.07, 6.45) is 9.30. The normalized spacial score (nSPS) is 16.5. The molecule has 0 aromatic heterocycles. The minimum absolute atomic E-state index is 0.265. The summed E-state index contributed by atoms with van der Waals surface area (Å²) in [5.41, 5.74) is 1.69. The molecule has 1 fully saturated rings. The molecule has 23 heavy (non-hydrogen) atoms. The van der Waals surface area contributed by atoms with Gasteiger partial charge in [0.15, 0.2) is 0 Å². The summed E-state index contributed by atoms with van der Waals surface area (Å²) in [7, 11) is 0. The minimum Gasteiger partial charge on any atom is -0.492 e. The van der Waals surface area contributed by atoms with Crippen molar-refractivity contribution in [3.8, 4) is 5.75 Å². The lowest BCUT2D eigenvalue weighted by atomic mass is 9.80. The van der Waals surface area contributed by atoms with Crippen molar-refractivity contribution < 1.29 is 4.74 Å². The van der Waals surface area contributed by atoms with Crippen molar-refractivity contribution in [2.45, 2.75) is 71.1 Å². The van der Waals surface area contributed by atoms with Crippen LogP contribution in [0.25, 0.3) is 0 Å². The predicted molar refractivity (Wildman–Crippen MR) is 99.4 cm³/mol. The molecule has 0 unspecified atom stereocenters. The van der Waals surface area contributed by atoms with Crippen molar-refractivity contribution in [2.24, 2.45) is 0 Å². The van der Waals surface area contributed by atoms with Gasteiger partial charge >= 0.3 is 0 Å². The zero-order valence-corrected chi connectivity index (χ0v) is 15.4. The van der Waals surface area contributed by atoms with E-state index in [0.29, 0.717) is 0 Å². The first-order valence-electron chi connectivity index (χ1n) is 9.57. The van der Waals surface area contributed by atoms with E-state index in [9.17, 15) is 0 Å². The number of benzene rings is 1. The second-order valence-corrected chi connectivity index (χ2v) is 7.62. The molecule has 1 aromatic carbocycles. The molecule has 0 amide bonds. The zero-order chi connectivity index (χ0) is 16.5. The quantitative estimate of drug-likeness (QED) is 0.565. The number of hydrogen-bond donors (Lipinski definition) is 0. The molecule has 130 valence electrons. The lowest BCUT2D eigenvalue weighted by Crippen LogP contribution is -2.33. The maximum Gasteiger partial charge on any atom is 0.119 e. The summed E-state index contributed by atoms with van der Waals surface area (Å²) in [6.45, 7) is 11.3. The molecule has 1 aromatic rings. The van der Waals surface area contributed by atoms with E-state index in [1.807, 2.05) is 0 Å². The maximum atomic E-state index is 5.93. The molecule has 2 rings (SSSR count). The number of piperidine rings is 1. The summed E-state index contributed by atoms with van der Waals surface area (Å²) < 4.78 is 5.93. The van der Waals surface area contributed by atoms with Crippen molar-refractivity contribution in [1.29, 1.82) is 0 Å². The van der Waals surface area contributed by atoms with Gasteiger partial charge in [-0.1, -0.05) is 58.6 Å². The van der Waals surface area contributed by atoms with Crippen LogP contribution in [0, 0.1) is 0 Å². The van der Waals surface area contributed by atoms with Gasteiger partial charge in [-0.25, -0.2) is 0 Å². The number of hydrogen-bond acceptors (Lipinski definition) is 2. The van der Waals surface area contributed by atoms with E-state index in [4.69, 9.17) is 4.74 Å². The number of unbranched alkanes of at least 4 members (excludes halogenated alkanes) is 2. The monoisotopic (exact) mass is 317 g/mol. The molecule has 0 N–H and O–H groups in total. The second-order valence-electron chi connectivity index (χ2n) is 7.62. The van der Waals surface area contributed by atoms with Crippen molar-refractivity contribution in [3.05, 3.63) is 29.8 Å². The molecule has 1 aliphatic rings. The fraction of sp³-hybridized carbons (Fsp3) is 0.714. The van der Waals surface area contributed by atoms with Gasteiger partial charge in [0.05, 0.1) is 0 Å². The number of ether oxygens (including phenoxy) is 1. The first-order valence-corrected chi connectivity index (χ1v) is 9.57. The van der Waals surface area contributed by atoms with Crippen molar-refractivity contribution in [2.75, 3.05) is 26.2 Å². The number of likely N-dealkylation sites (tertiary alicyclic amines) is 1. The largest absolute Gasteiger partial charge is 0.492 e. The first kappa shape index (κ1) is 18.3. The van der Waals surface area contributed by atoms with E-state index in [1.54, 1.807) is 0 Å². The third-order valence-corrected chi connectivity index (χ3v) is 5.17. The predicted octanol–water partition coefficient (Wildman–Crippen LogP) is 5.41. The summed E-state index contributed by atoms with van der Waals surface area (Å²) in [5, 5.41) is 0. The van der Waals surface area contributed by atoms with Crippen LogP contribution in [0.5, 0.6) is 5.75 Å². The first-order chi connectivity index (χ1) is 11.1.